The lowest BCUT2D eigenvalue weighted by Gasteiger charge is -2.14. The van der Waals surface area contributed by atoms with Crippen LogP contribution in [0.15, 0.2) is 109 Å². The largest absolute Gasteiger partial charge is 0.496 e. The van der Waals surface area contributed by atoms with Crippen LogP contribution < -0.4 is 14.8 Å². The van der Waals surface area contributed by atoms with Crippen molar-refractivity contribution in [2.45, 2.75) is 13.0 Å². The number of nitrogens with zero attached hydrogens (tertiary/aromatic N) is 3. The van der Waals surface area contributed by atoms with E-state index in [1.165, 1.54) is 13.2 Å². The average Bonchev–Trinajstić information content (AvgIpc) is 3.08. The van der Waals surface area contributed by atoms with Crippen molar-refractivity contribution in [2.24, 2.45) is 0 Å². The number of halogens is 1. The maximum Gasteiger partial charge on any atom is 0.339 e. The van der Waals surface area contributed by atoms with Gasteiger partial charge in [0.25, 0.3) is 0 Å². The summed E-state index contributed by atoms with van der Waals surface area (Å²) < 4.78 is 11.5. The Labute approximate surface area is 264 Å². The SMILES string of the molecule is COc1cc2nccc(Oc3cc4cccnc4nc3-c3ccccc3)c2cc1C(=O)O.O=C(CCCl)NCc1ccccc1. The lowest BCUT2D eigenvalue weighted by molar-refractivity contribution is -0.120. The van der Waals surface area contributed by atoms with Crippen molar-refractivity contribution in [2.75, 3.05) is 13.0 Å². The first-order chi connectivity index (χ1) is 22.0. The van der Waals surface area contributed by atoms with Crippen LogP contribution >= 0.6 is 11.6 Å². The third kappa shape index (κ3) is 7.70. The molecule has 0 unspecified atom stereocenters. The number of alkyl halides is 1. The van der Waals surface area contributed by atoms with Crippen LogP contribution in [0.5, 0.6) is 17.2 Å². The van der Waals surface area contributed by atoms with Gasteiger partial charge in [-0.25, -0.2) is 14.8 Å². The Morgan fingerprint density at radius 1 is 0.844 bits per heavy atom. The number of nitrogens with one attached hydrogen (secondary N) is 1. The standard InChI is InChI=1S/C25H17N3O4.C10H12ClNO/c1-31-21-14-19-17(13-18(21)25(29)30)20(9-11-26-19)32-22-12-16-8-5-10-27-24(16)28-23(22)15-6-3-2-4-7-15;11-7-6-10(13)12-8-9-4-2-1-3-5-9/h2-14H,1H3,(H,29,30);1-5H,6-8H2,(H,12,13). The second-order valence-corrected chi connectivity index (χ2v) is 10.1. The first kappa shape index (κ1) is 30.9. The van der Waals surface area contributed by atoms with Crippen molar-refractivity contribution in [1.29, 1.82) is 0 Å². The van der Waals surface area contributed by atoms with E-state index in [1.807, 2.05) is 78.9 Å². The number of pyridine rings is 3. The maximum atomic E-state index is 11.7. The van der Waals surface area contributed by atoms with Crippen LogP contribution in [0.3, 0.4) is 0 Å². The van der Waals surface area contributed by atoms with Crippen LogP contribution in [0.4, 0.5) is 0 Å². The van der Waals surface area contributed by atoms with Crippen LogP contribution in [0.1, 0.15) is 22.3 Å². The molecule has 0 saturated carbocycles. The number of benzene rings is 3. The fraction of sp³-hybridized carbons (Fsp3) is 0.114. The molecule has 45 heavy (non-hydrogen) atoms. The highest BCUT2D eigenvalue weighted by Crippen LogP contribution is 2.38. The minimum Gasteiger partial charge on any atom is -0.496 e. The molecule has 0 bridgehead atoms. The van der Waals surface area contributed by atoms with E-state index in [9.17, 15) is 14.7 Å². The Kier molecular flexibility index (Phi) is 10.1. The summed E-state index contributed by atoms with van der Waals surface area (Å²) >= 11 is 5.42. The molecule has 9 nitrogen and oxygen atoms in total. The number of ether oxygens (including phenoxy) is 2. The van der Waals surface area contributed by atoms with E-state index in [-0.39, 0.29) is 17.2 Å². The second-order valence-electron chi connectivity index (χ2n) is 9.74. The number of carboxylic acid groups (broad SMARTS) is 1. The monoisotopic (exact) mass is 620 g/mol. The molecular formula is C35H29ClN4O5. The van der Waals surface area contributed by atoms with Gasteiger partial charge in [0.1, 0.15) is 22.8 Å². The summed E-state index contributed by atoms with van der Waals surface area (Å²) in [6.45, 7) is 0.580. The minimum atomic E-state index is -1.10. The molecule has 0 atom stereocenters. The number of hydrogen-bond donors (Lipinski definition) is 2. The highest BCUT2D eigenvalue weighted by atomic mass is 35.5. The number of aromatic carboxylic acids is 1. The molecule has 3 aromatic carbocycles. The number of hydrogen-bond acceptors (Lipinski definition) is 7. The van der Waals surface area contributed by atoms with Gasteiger partial charge in [0.05, 0.1) is 12.6 Å². The van der Waals surface area contributed by atoms with E-state index in [4.69, 9.17) is 26.1 Å². The molecule has 6 aromatic rings. The van der Waals surface area contributed by atoms with Gasteiger partial charge in [0, 0.05) is 53.6 Å². The second kappa shape index (κ2) is 14.8. The third-order valence-corrected chi connectivity index (χ3v) is 6.92. The van der Waals surface area contributed by atoms with Crippen LogP contribution in [0.25, 0.3) is 33.2 Å². The van der Waals surface area contributed by atoms with Gasteiger partial charge < -0.3 is 19.9 Å². The van der Waals surface area contributed by atoms with Gasteiger partial charge >= 0.3 is 5.97 Å². The topological polar surface area (TPSA) is 124 Å². The molecule has 0 saturated heterocycles. The first-order valence-corrected chi connectivity index (χ1v) is 14.6. The van der Waals surface area contributed by atoms with E-state index in [0.717, 1.165) is 16.5 Å². The molecule has 10 heteroatoms. The molecule has 0 fully saturated rings. The van der Waals surface area contributed by atoms with Crippen molar-refractivity contribution < 1.29 is 24.2 Å². The van der Waals surface area contributed by atoms with Crippen LogP contribution in [0, 0.1) is 0 Å². The molecule has 3 aromatic heterocycles. The van der Waals surface area contributed by atoms with Crippen molar-refractivity contribution in [1.82, 2.24) is 20.3 Å². The molecule has 3 heterocycles. The van der Waals surface area contributed by atoms with Crippen LogP contribution in [0.2, 0.25) is 0 Å². The van der Waals surface area contributed by atoms with Crippen molar-refractivity contribution >= 4 is 45.4 Å². The molecule has 0 aliphatic rings. The zero-order valence-corrected chi connectivity index (χ0v) is 25.1. The molecule has 6 rings (SSSR count). The average molecular weight is 621 g/mol. The van der Waals surface area contributed by atoms with Crippen molar-refractivity contribution in [3.63, 3.8) is 0 Å². The van der Waals surface area contributed by atoms with Gasteiger partial charge in [-0.05, 0) is 35.9 Å². The van der Waals surface area contributed by atoms with E-state index in [0.29, 0.717) is 52.6 Å². The number of rotatable bonds is 9. The predicted molar refractivity (Wildman–Crippen MR) is 174 cm³/mol. The molecular weight excluding hydrogens is 592 g/mol. The molecule has 2 N–H and O–H groups in total. The summed E-state index contributed by atoms with van der Waals surface area (Å²) in [6, 6.07) is 29.9. The number of methoxy groups -OCH3 is 1. The van der Waals surface area contributed by atoms with Crippen molar-refractivity contribution in [3.05, 3.63) is 121 Å². The lowest BCUT2D eigenvalue weighted by Crippen LogP contribution is -2.22. The zero-order valence-electron chi connectivity index (χ0n) is 24.3. The van der Waals surface area contributed by atoms with Gasteiger partial charge in [-0.15, -0.1) is 11.6 Å². The molecule has 0 aliphatic carbocycles. The summed E-state index contributed by atoms with van der Waals surface area (Å²) in [5.74, 6) is 0.499. The Balaban J connectivity index is 0.000000259. The third-order valence-electron chi connectivity index (χ3n) is 6.73. The maximum absolute atomic E-state index is 11.7. The highest BCUT2D eigenvalue weighted by molar-refractivity contribution is 6.18. The molecule has 0 radical (unpaired) electrons. The Bertz CT molecular complexity index is 1940. The fourth-order valence-corrected chi connectivity index (χ4v) is 4.70. The Morgan fingerprint density at radius 3 is 2.31 bits per heavy atom. The van der Waals surface area contributed by atoms with E-state index in [1.54, 1.807) is 24.5 Å². The summed E-state index contributed by atoms with van der Waals surface area (Å²) in [5, 5.41) is 13.7. The van der Waals surface area contributed by atoms with E-state index >= 15 is 0 Å². The van der Waals surface area contributed by atoms with Crippen LogP contribution in [-0.4, -0.2) is 44.9 Å². The molecule has 1 amide bonds. The van der Waals surface area contributed by atoms with Crippen LogP contribution in [-0.2, 0) is 11.3 Å². The number of amides is 1. The quantitative estimate of drug-likeness (QED) is 0.162. The molecule has 0 aliphatic heterocycles. The lowest BCUT2D eigenvalue weighted by atomic mass is 10.1. The summed E-state index contributed by atoms with van der Waals surface area (Å²) in [7, 11) is 1.43. The highest BCUT2D eigenvalue weighted by Gasteiger charge is 2.18. The smallest absolute Gasteiger partial charge is 0.339 e. The van der Waals surface area contributed by atoms with Gasteiger partial charge in [-0.2, -0.15) is 0 Å². The normalized spacial score (nSPS) is 10.5. The van der Waals surface area contributed by atoms with Gasteiger partial charge in [0.15, 0.2) is 11.4 Å². The summed E-state index contributed by atoms with van der Waals surface area (Å²) in [4.78, 5) is 36.2. The predicted octanol–water partition coefficient (Wildman–Crippen LogP) is 7.28. The molecule has 226 valence electrons. The molecule has 0 spiro atoms. The number of fused-ring (bicyclic) bond motifs is 2. The minimum absolute atomic E-state index is 0.00106. The van der Waals surface area contributed by atoms with Gasteiger partial charge in [0.2, 0.25) is 5.91 Å². The van der Waals surface area contributed by atoms with Crippen molar-refractivity contribution in [3.8, 4) is 28.5 Å². The summed E-state index contributed by atoms with van der Waals surface area (Å²) in [5.41, 5.74) is 3.81. The first-order valence-electron chi connectivity index (χ1n) is 14.0. The number of carbonyl (C=O) groups is 2. The van der Waals surface area contributed by atoms with Gasteiger partial charge in [-0.1, -0.05) is 60.7 Å². The zero-order chi connectivity index (χ0) is 31.6. The Morgan fingerprint density at radius 2 is 1.60 bits per heavy atom. The fourth-order valence-electron chi connectivity index (χ4n) is 4.53. The van der Waals surface area contributed by atoms with Gasteiger partial charge in [-0.3, -0.25) is 9.78 Å². The number of carbonyl (C=O) groups excluding carboxylic acids is 1. The Hall–Kier alpha value is -5.54. The van der Waals surface area contributed by atoms with E-state index in [2.05, 4.69) is 15.3 Å². The number of carboxylic acids is 1. The number of aromatic nitrogens is 3. The summed E-state index contributed by atoms with van der Waals surface area (Å²) in [6.07, 6.45) is 3.69. The van der Waals surface area contributed by atoms with E-state index < -0.39 is 5.97 Å².